The minimum Gasteiger partial charge on any atom is -0.492 e. The summed E-state index contributed by atoms with van der Waals surface area (Å²) in [4.78, 5) is 12.0. The van der Waals surface area contributed by atoms with Crippen LogP contribution in [0.15, 0.2) is 42.5 Å². The second-order valence-corrected chi connectivity index (χ2v) is 5.62. The first-order valence-electron chi connectivity index (χ1n) is 7.85. The Kier molecular flexibility index (Phi) is 6.18. The van der Waals surface area contributed by atoms with Gasteiger partial charge in [0.1, 0.15) is 23.9 Å². The number of hydrogen-bond acceptors (Lipinski definition) is 3. The van der Waals surface area contributed by atoms with Crippen LogP contribution in [0.5, 0.6) is 11.5 Å². The Morgan fingerprint density at radius 2 is 1.88 bits per heavy atom. The van der Waals surface area contributed by atoms with Crippen LogP contribution in [0.1, 0.15) is 18.1 Å². The zero-order chi connectivity index (χ0) is 17.5. The van der Waals surface area contributed by atoms with Gasteiger partial charge in [-0.25, -0.2) is 4.39 Å². The highest BCUT2D eigenvalue weighted by Crippen LogP contribution is 2.20. The highest BCUT2D eigenvalue weighted by Gasteiger charge is 2.15. The smallest absolute Gasteiger partial charge is 0.260 e. The van der Waals surface area contributed by atoms with Crippen LogP contribution >= 0.6 is 0 Å². The van der Waals surface area contributed by atoms with Crippen molar-refractivity contribution in [3.63, 3.8) is 0 Å². The van der Waals surface area contributed by atoms with Gasteiger partial charge in [-0.3, -0.25) is 4.79 Å². The number of ether oxygens (including phenoxy) is 2. The Morgan fingerprint density at radius 1 is 1.17 bits per heavy atom. The molecule has 0 fully saturated rings. The molecule has 1 atom stereocenters. The van der Waals surface area contributed by atoms with Crippen LogP contribution in [0.4, 0.5) is 4.39 Å². The molecule has 0 aliphatic rings. The molecule has 0 aliphatic carbocycles. The SMILES string of the molecule is Cc1ccc(O[C@@H](C)C(=O)NCCOc2ccc(F)cc2)c(C)c1. The molecule has 4 nitrogen and oxygen atoms in total. The molecule has 2 aromatic carbocycles. The van der Waals surface area contributed by atoms with E-state index in [2.05, 4.69) is 5.32 Å². The molecule has 0 radical (unpaired) electrons. The van der Waals surface area contributed by atoms with E-state index >= 15 is 0 Å². The lowest BCUT2D eigenvalue weighted by atomic mass is 10.1. The van der Waals surface area contributed by atoms with Crippen LogP contribution < -0.4 is 14.8 Å². The van der Waals surface area contributed by atoms with Crippen LogP contribution in [0.25, 0.3) is 0 Å². The topological polar surface area (TPSA) is 47.6 Å². The molecule has 1 amide bonds. The number of halogens is 1. The molecule has 0 bridgehead atoms. The van der Waals surface area contributed by atoms with Gasteiger partial charge in [0.15, 0.2) is 6.10 Å². The summed E-state index contributed by atoms with van der Waals surface area (Å²) < 4.78 is 23.9. The second-order valence-electron chi connectivity index (χ2n) is 5.62. The van der Waals surface area contributed by atoms with Crippen molar-refractivity contribution in [2.75, 3.05) is 13.2 Å². The summed E-state index contributed by atoms with van der Waals surface area (Å²) in [6.45, 7) is 6.30. The predicted octanol–water partition coefficient (Wildman–Crippen LogP) is 3.41. The molecule has 2 rings (SSSR count). The van der Waals surface area contributed by atoms with E-state index < -0.39 is 6.10 Å². The maximum Gasteiger partial charge on any atom is 0.260 e. The average Bonchev–Trinajstić information content (AvgIpc) is 2.55. The molecular weight excluding hydrogens is 309 g/mol. The molecule has 128 valence electrons. The summed E-state index contributed by atoms with van der Waals surface area (Å²) in [5.41, 5.74) is 2.14. The maximum atomic E-state index is 12.8. The molecule has 1 N–H and O–H groups in total. The van der Waals surface area contributed by atoms with E-state index in [0.717, 1.165) is 11.1 Å². The number of carbonyl (C=O) groups is 1. The number of carbonyl (C=O) groups excluding carboxylic acids is 1. The van der Waals surface area contributed by atoms with Gasteiger partial charge in [-0.1, -0.05) is 17.7 Å². The minimum atomic E-state index is -0.600. The van der Waals surface area contributed by atoms with Gasteiger partial charge in [-0.05, 0) is 56.7 Å². The van der Waals surface area contributed by atoms with Crippen LogP contribution in [0.2, 0.25) is 0 Å². The predicted molar refractivity (Wildman–Crippen MR) is 90.9 cm³/mol. The van der Waals surface area contributed by atoms with E-state index in [1.54, 1.807) is 19.1 Å². The number of benzene rings is 2. The van der Waals surface area contributed by atoms with Gasteiger partial charge in [0.2, 0.25) is 0 Å². The monoisotopic (exact) mass is 331 g/mol. The second kappa shape index (κ2) is 8.34. The van der Waals surface area contributed by atoms with Crippen molar-refractivity contribution in [2.24, 2.45) is 0 Å². The highest BCUT2D eigenvalue weighted by atomic mass is 19.1. The first-order chi connectivity index (χ1) is 11.5. The Labute approximate surface area is 141 Å². The summed E-state index contributed by atoms with van der Waals surface area (Å²) in [6.07, 6.45) is -0.600. The summed E-state index contributed by atoms with van der Waals surface area (Å²) in [7, 11) is 0. The third-order valence-electron chi connectivity index (χ3n) is 3.49. The summed E-state index contributed by atoms with van der Waals surface area (Å²) >= 11 is 0. The van der Waals surface area contributed by atoms with Crippen molar-refractivity contribution < 1.29 is 18.7 Å². The molecule has 0 saturated carbocycles. The number of rotatable bonds is 7. The maximum absolute atomic E-state index is 12.8. The lowest BCUT2D eigenvalue weighted by Gasteiger charge is -2.16. The molecule has 0 heterocycles. The highest BCUT2D eigenvalue weighted by molar-refractivity contribution is 5.80. The fourth-order valence-electron chi connectivity index (χ4n) is 2.19. The number of amides is 1. The molecule has 0 aromatic heterocycles. The lowest BCUT2D eigenvalue weighted by molar-refractivity contribution is -0.127. The first-order valence-corrected chi connectivity index (χ1v) is 7.85. The molecule has 0 spiro atoms. The fraction of sp³-hybridized carbons (Fsp3) is 0.316. The van der Waals surface area contributed by atoms with Crippen LogP contribution in [0, 0.1) is 19.7 Å². The molecule has 2 aromatic rings. The van der Waals surface area contributed by atoms with Gasteiger partial charge >= 0.3 is 0 Å². The Balaban J connectivity index is 1.74. The fourth-order valence-corrected chi connectivity index (χ4v) is 2.19. The van der Waals surface area contributed by atoms with Crippen molar-refractivity contribution in [2.45, 2.75) is 26.9 Å². The molecule has 0 saturated heterocycles. The Hall–Kier alpha value is -2.56. The standard InChI is InChI=1S/C19H22FNO3/c1-13-4-9-18(14(2)12-13)24-15(3)19(22)21-10-11-23-17-7-5-16(20)6-8-17/h4-9,12,15H,10-11H2,1-3H3,(H,21,22)/t15-/m0/s1. The van der Waals surface area contributed by atoms with E-state index in [0.29, 0.717) is 24.7 Å². The van der Waals surface area contributed by atoms with Crippen LogP contribution in [-0.2, 0) is 4.79 Å². The van der Waals surface area contributed by atoms with Crippen molar-refractivity contribution in [1.82, 2.24) is 5.32 Å². The van der Waals surface area contributed by atoms with E-state index in [1.807, 2.05) is 32.0 Å². The van der Waals surface area contributed by atoms with Crippen LogP contribution in [-0.4, -0.2) is 25.2 Å². The van der Waals surface area contributed by atoms with Crippen molar-refractivity contribution in [3.05, 3.63) is 59.4 Å². The van der Waals surface area contributed by atoms with Gasteiger partial charge in [-0.15, -0.1) is 0 Å². The van der Waals surface area contributed by atoms with Gasteiger partial charge in [0.05, 0.1) is 6.54 Å². The Morgan fingerprint density at radius 3 is 2.54 bits per heavy atom. The quantitative estimate of drug-likeness (QED) is 0.791. The molecule has 5 heteroatoms. The Bertz CT molecular complexity index is 686. The molecular formula is C19H22FNO3. The van der Waals surface area contributed by atoms with Gasteiger partial charge < -0.3 is 14.8 Å². The van der Waals surface area contributed by atoms with Crippen LogP contribution in [0.3, 0.4) is 0 Å². The third-order valence-corrected chi connectivity index (χ3v) is 3.49. The third kappa shape index (κ3) is 5.26. The normalized spacial score (nSPS) is 11.7. The first kappa shape index (κ1) is 17.8. The number of nitrogens with one attached hydrogen (secondary N) is 1. The van der Waals surface area contributed by atoms with E-state index in [1.165, 1.54) is 12.1 Å². The van der Waals surface area contributed by atoms with E-state index in [4.69, 9.17) is 9.47 Å². The molecule has 0 unspecified atom stereocenters. The summed E-state index contributed by atoms with van der Waals surface area (Å²) in [5.74, 6) is 0.738. The minimum absolute atomic E-state index is 0.210. The van der Waals surface area contributed by atoms with Crippen molar-refractivity contribution in [3.8, 4) is 11.5 Å². The average molecular weight is 331 g/mol. The largest absolute Gasteiger partial charge is 0.492 e. The molecule has 24 heavy (non-hydrogen) atoms. The molecule has 0 aliphatic heterocycles. The zero-order valence-electron chi connectivity index (χ0n) is 14.1. The van der Waals surface area contributed by atoms with Gasteiger partial charge in [0.25, 0.3) is 5.91 Å². The summed E-state index contributed by atoms with van der Waals surface area (Å²) in [6, 6.07) is 11.6. The summed E-state index contributed by atoms with van der Waals surface area (Å²) in [5, 5.41) is 2.75. The van der Waals surface area contributed by atoms with E-state index in [9.17, 15) is 9.18 Å². The van der Waals surface area contributed by atoms with Crippen molar-refractivity contribution >= 4 is 5.91 Å². The number of aryl methyl sites for hydroxylation is 2. The van der Waals surface area contributed by atoms with Crippen molar-refractivity contribution in [1.29, 1.82) is 0 Å². The van der Waals surface area contributed by atoms with Gasteiger partial charge in [-0.2, -0.15) is 0 Å². The zero-order valence-corrected chi connectivity index (χ0v) is 14.1. The van der Waals surface area contributed by atoms with Gasteiger partial charge in [0, 0.05) is 0 Å². The van der Waals surface area contributed by atoms with E-state index in [-0.39, 0.29) is 11.7 Å². The number of hydrogen-bond donors (Lipinski definition) is 1. The lowest BCUT2D eigenvalue weighted by Crippen LogP contribution is -2.38.